The fraction of sp³-hybridized carbons (Fsp3) is 0.556. The van der Waals surface area contributed by atoms with Crippen molar-refractivity contribution in [1.82, 2.24) is 10.2 Å². The zero-order chi connectivity index (χ0) is 21.1. The number of nitrogens with zero attached hydrogens (tertiary/aromatic N) is 2. The summed E-state index contributed by atoms with van der Waals surface area (Å²) in [5, 5.41) is 16.8. The maximum Gasteiger partial charge on any atom is 0.407 e. The van der Waals surface area contributed by atoms with Crippen LogP contribution in [0.25, 0.3) is 0 Å². The van der Waals surface area contributed by atoms with Gasteiger partial charge in [0.15, 0.2) is 5.69 Å². The minimum absolute atomic E-state index is 0.153. The van der Waals surface area contributed by atoms with Gasteiger partial charge in [0.1, 0.15) is 11.4 Å². The molecule has 0 spiro atoms. The van der Waals surface area contributed by atoms with Crippen LogP contribution in [0.2, 0.25) is 0 Å². The third-order valence-corrected chi connectivity index (χ3v) is 4.19. The van der Waals surface area contributed by atoms with Gasteiger partial charge < -0.3 is 25.0 Å². The SMILES string of the molecule is CNc1c(OC)cc(C(=O)N2CC[C@@H](NC(=O)OC(C)(C)C)C2)cc1[N+](=O)[O-]. The Labute approximate surface area is 163 Å². The quantitative estimate of drug-likeness (QED) is 0.580. The molecule has 1 aromatic rings. The number of hydrogen-bond acceptors (Lipinski definition) is 7. The van der Waals surface area contributed by atoms with E-state index in [9.17, 15) is 19.7 Å². The molecule has 2 N–H and O–H groups in total. The molecular weight excluding hydrogens is 368 g/mol. The molecule has 10 nitrogen and oxygen atoms in total. The Bertz CT molecular complexity index is 774. The largest absolute Gasteiger partial charge is 0.494 e. The van der Waals surface area contributed by atoms with Crippen LogP contribution < -0.4 is 15.4 Å². The van der Waals surface area contributed by atoms with E-state index in [1.807, 2.05) is 0 Å². The van der Waals surface area contributed by atoms with Crippen LogP contribution in [-0.2, 0) is 4.74 Å². The van der Waals surface area contributed by atoms with Gasteiger partial charge in [0.25, 0.3) is 11.6 Å². The van der Waals surface area contributed by atoms with Gasteiger partial charge in [-0.3, -0.25) is 14.9 Å². The molecule has 1 heterocycles. The normalized spacial score (nSPS) is 16.5. The van der Waals surface area contributed by atoms with E-state index in [0.29, 0.717) is 19.5 Å². The first kappa shape index (κ1) is 21.3. The molecule has 0 radical (unpaired) electrons. The number of carbonyl (C=O) groups excluding carboxylic acids is 2. The van der Waals surface area contributed by atoms with Gasteiger partial charge in [-0.05, 0) is 33.3 Å². The van der Waals surface area contributed by atoms with Gasteiger partial charge in [-0.15, -0.1) is 0 Å². The summed E-state index contributed by atoms with van der Waals surface area (Å²) in [5.74, 6) is -0.153. The molecule has 0 bridgehead atoms. The maximum atomic E-state index is 12.8. The molecule has 1 atom stereocenters. The van der Waals surface area contributed by atoms with Crippen molar-refractivity contribution >= 4 is 23.4 Å². The van der Waals surface area contributed by atoms with Crippen LogP contribution >= 0.6 is 0 Å². The first-order valence-electron chi connectivity index (χ1n) is 8.88. The summed E-state index contributed by atoms with van der Waals surface area (Å²) < 4.78 is 10.4. The molecular formula is C18H26N4O6. The Hall–Kier alpha value is -3.04. The van der Waals surface area contributed by atoms with Crippen LogP contribution in [0.3, 0.4) is 0 Å². The lowest BCUT2D eigenvalue weighted by Crippen LogP contribution is -2.41. The number of ether oxygens (including phenoxy) is 2. The van der Waals surface area contributed by atoms with E-state index in [1.54, 1.807) is 32.7 Å². The lowest BCUT2D eigenvalue weighted by Gasteiger charge is -2.22. The van der Waals surface area contributed by atoms with Crippen molar-refractivity contribution in [3.63, 3.8) is 0 Å². The van der Waals surface area contributed by atoms with Gasteiger partial charge in [0, 0.05) is 26.2 Å². The number of nitrogens with one attached hydrogen (secondary N) is 2. The molecule has 154 valence electrons. The average molecular weight is 394 g/mol. The third kappa shape index (κ3) is 5.02. The second kappa shape index (κ2) is 8.32. The lowest BCUT2D eigenvalue weighted by molar-refractivity contribution is -0.384. The molecule has 2 rings (SSSR count). The van der Waals surface area contributed by atoms with E-state index < -0.39 is 16.6 Å². The summed E-state index contributed by atoms with van der Waals surface area (Å²) in [6.07, 6.45) is 0.0289. The number of likely N-dealkylation sites (tertiary alicyclic amines) is 1. The second-order valence-corrected chi connectivity index (χ2v) is 7.46. The van der Waals surface area contributed by atoms with E-state index in [4.69, 9.17) is 9.47 Å². The Morgan fingerprint density at radius 1 is 1.32 bits per heavy atom. The fourth-order valence-electron chi connectivity index (χ4n) is 3.00. The number of methoxy groups -OCH3 is 1. The van der Waals surface area contributed by atoms with Crippen molar-refractivity contribution in [2.45, 2.75) is 38.8 Å². The molecule has 0 aromatic heterocycles. The molecule has 0 unspecified atom stereocenters. The van der Waals surface area contributed by atoms with Crippen molar-refractivity contribution in [3.05, 3.63) is 27.8 Å². The summed E-state index contributed by atoms with van der Waals surface area (Å²) in [6, 6.07) is 2.45. The molecule has 1 aromatic carbocycles. The molecule has 0 aliphatic carbocycles. The van der Waals surface area contributed by atoms with E-state index in [-0.39, 0.29) is 34.6 Å². The van der Waals surface area contributed by atoms with Crippen LogP contribution in [0.5, 0.6) is 5.75 Å². The van der Waals surface area contributed by atoms with Crippen molar-refractivity contribution < 1.29 is 24.0 Å². The standard InChI is InChI=1S/C18H26N4O6/c1-18(2,3)28-17(24)20-12-6-7-21(10-12)16(23)11-8-13(22(25)26)15(19-4)14(9-11)27-5/h8-9,12,19H,6-7,10H2,1-5H3,(H,20,24)/t12-/m1/s1. The van der Waals surface area contributed by atoms with E-state index in [1.165, 1.54) is 19.2 Å². The number of nitro benzene ring substituents is 1. The van der Waals surface area contributed by atoms with Gasteiger partial charge in [0.05, 0.1) is 23.6 Å². The first-order chi connectivity index (χ1) is 13.1. The predicted molar refractivity (Wildman–Crippen MR) is 103 cm³/mol. The van der Waals surface area contributed by atoms with Crippen LogP contribution in [0, 0.1) is 10.1 Å². The number of carbonyl (C=O) groups is 2. The van der Waals surface area contributed by atoms with Gasteiger partial charge >= 0.3 is 6.09 Å². The molecule has 1 fully saturated rings. The maximum absolute atomic E-state index is 12.8. The monoisotopic (exact) mass is 394 g/mol. The number of benzene rings is 1. The molecule has 1 aliphatic rings. The summed E-state index contributed by atoms with van der Waals surface area (Å²) in [5.41, 5.74) is -0.494. The molecule has 1 aliphatic heterocycles. The molecule has 2 amide bonds. The van der Waals surface area contributed by atoms with Gasteiger partial charge in [-0.2, -0.15) is 0 Å². The number of alkyl carbamates (subject to hydrolysis) is 1. The highest BCUT2D eigenvalue weighted by Gasteiger charge is 2.31. The predicted octanol–water partition coefficient (Wildman–Crippen LogP) is 2.38. The first-order valence-corrected chi connectivity index (χ1v) is 8.88. The van der Waals surface area contributed by atoms with Gasteiger partial charge in [0.2, 0.25) is 0 Å². The minimum Gasteiger partial charge on any atom is -0.494 e. The smallest absolute Gasteiger partial charge is 0.407 e. The zero-order valence-corrected chi connectivity index (χ0v) is 16.7. The zero-order valence-electron chi connectivity index (χ0n) is 16.7. The van der Waals surface area contributed by atoms with Crippen LogP contribution in [-0.4, -0.2) is 60.7 Å². The third-order valence-electron chi connectivity index (χ3n) is 4.19. The van der Waals surface area contributed by atoms with E-state index in [0.717, 1.165) is 0 Å². The van der Waals surface area contributed by atoms with Crippen molar-refractivity contribution in [3.8, 4) is 5.75 Å². The van der Waals surface area contributed by atoms with E-state index >= 15 is 0 Å². The Kier molecular flexibility index (Phi) is 6.32. The molecule has 1 saturated heterocycles. The number of nitro groups is 1. The van der Waals surface area contributed by atoms with Gasteiger partial charge in [-0.1, -0.05) is 0 Å². The van der Waals surface area contributed by atoms with Crippen molar-refractivity contribution in [2.75, 3.05) is 32.6 Å². The summed E-state index contributed by atoms with van der Waals surface area (Å²) >= 11 is 0. The number of rotatable bonds is 5. The Morgan fingerprint density at radius 3 is 2.54 bits per heavy atom. The second-order valence-electron chi connectivity index (χ2n) is 7.46. The highest BCUT2D eigenvalue weighted by atomic mass is 16.6. The average Bonchev–Trinajstić information content (AvgIpc) is 3.06. The topological polar surface area (TPSA) is 123 Å². The highest BCUT2D eigenvalue weighted by Crippen LogP contribution is 2.36. The molecule has 0 saturated carbocycles. The summed E-state index contributed by atoms with van der Waals surface area (Å²) in [6.45, 7) is 6.02. The summed E-state index contributed by atoms with van der Waals surface area (Å²) in [4.78, 5) is 37.1. The fourth-order valence-corrected chi connectivity index (χ4v) is 3.00. The van der Waals surface area contributed by atoms with Crippen LogP contribution in [0.1, 0.15) is 37.6 Å². The molecule has 28 heavy (non-hydrogen) atoms. The van der Waals surface area contributed by atoms with E-state index in [2.05, 4.69) is 10.6 Å². The van der Waals surface area contributed by atoms with Crippen LogP contribution in [0.15, 0.2) is 12.1 Å². The number of hydrogen-bond donors (Lipinski definition) is 2. The minimum atomic E-state index is -0.608. The van der Waals surface area contributed by atoms with Crippen molar-refractivity contribution in [1.29, 1.82) is 0 Å². The van der Waals surface area contributed by atoms with Crippen molar-refractivity contribution in [2.24, 2.45) is 0 Å². The number of amides is 2. The van der Waals surface area contributed by atoms with Gasteiger partial charge in [-0.25, -0.2) is 4.79 Å². The number of anilines is 1. The Morgan fingerprint density at radius 2 is 2.00 bits per heavy atom. The Balaban J connectivity index is 2.13. The van der Waals surface area contributed by atoms with Crippen LogP contribution in [0.4, 0.5) is 16.2 Å². The highest BCUT2D eigenvalue weighted by molar-refractivity contribution is 5.97. The lowest BCUT2D eigenvalue weighted by atomic mass is 10.1. The molecule has 10 heteroatoms. The summed E-state index contributed by atoms with van der Waals surface area (Å²) in [7, 11) is 2.92.